The lowest BCUT2D eigenvalue weighted by molar-refractivity contribution is -0.0786. The molecular weight excluding hydrogens is 222 g/mol. The van der Waals surface area contributed by atoms with Gasteiger partial charge < -0.3 is 10.5 Å². The van der Waals surface area contributed by atoms with Crippen LogP contribution in [0.5, 0.6) is 0 Å². The van der Waals surface area contributed by atoms with Crippen LogP contribution in [0.1, 0.15) is 37.8 Å². The summed E-state index contributed by atoms with van der Waals surface area (Å²) < 4.78 is 5.47. The predicted molar refractivity (Wildman–Crippen MR) is 73.6 cm³/mol. The van der Waals surface area contributed by atoms with Gasteiger partial charge in [0, 0.05) is 5.54 Å². The number of benzene rings is 1. The van der Waals surface area contributed by atoms with Crippen molar-refractivity contribution in [3.8, 4) is 0 Å². The fraction of sp³-hybridized carbons (Fsp3) is 0.625. The molecule has 2 heteroatoms. The minimum Gasteiger partial charge on any atom is -0.379 e. The van der Waals surface area contributed by atoms with E-state index in [9.17, 15) is 0 Å². The lowest BCUT2D eigenvalue weighted by Gasteiger charge is -2.47. The molecular formula is C16H23NO. The molecule has 0 radical (unpaired) electrons. The van der Waals surface area contributed by atoms with E-state index in [4.69, 9.17) is 10.5 Å². The topological polar surface area (TPSA) is 35.2 Å². The van der Waals surface area contributed by atoms with Gasteiger partial charge >= 0.3 is 0 Å². The molecule has 0 atom stereocenters. The first-order valence-electron chi connectivity index (χ1n) is 7.02. The van der Waals surface area contributed by atoms with Crippen LogP contribution in [0.3, 0.4) is 0 Å². The molecule has 1 aliphatic carbocycles. The minimum atomic E-state index is 0.00478. The summed E-state index contributed by atoms with van der Waals surface area (Å²) in [5.41, 5.74) is 9.36. The lowest BCUT2D eigenvalue weighted by Crippen LogP contribution is -2.60. The second-order valence-corrected chi connectivity index (χ2v) is 6.53. The molecule has 2 N–H and O–H groups in total. The van der Waals surface area contributed by atoms with Crippen molar-refractivity contribution in [2.24, 2.45) is 11.7 Å². The third kappa shape index (κ3) is 1.79. The zero-order valence-electron chi connectivity index (χ0n) is 11.4. The third-order valence-electron chi connectivity index (χ3n) is 4.59. The minimum absolute atomic E-state index is 0.00478. The van der Waals surface area contributed by atoms with Gasteiger partial charge in [-0.2, -0.15) is 0 Å². The van der Waals surface area contributed by atoms with Crippen LogP contribution in [0.2, 0.25) is 0 Å². The normalized spacial score (nSPS) is 23.8. The van der Waals surface area contributed by atoms with Crippen molar-refractivity contribution in [2.75, 3.05) is 13.2 Å². The van der Waals surface area contributed by atoms with Gasteiger partial charge in [-0.05, 0) is 36.3 Å². The highest BCUT2D eigenvalue weighted by Crippen LogP contribution is 2.53. The molecule has 0 amide bonds. The molecule has 1 aromatic rings. The third-order valence-corrected chi connectivity index (χ3v) is 4.59. The van der Waals surface area contributed by atoms with Gasteiger partial charge in [-0.1, -0.05) is 38.1 Å². The SMILES string of the molecule is CC(C)Cc1ccc(C2(C3(N)CC3)COC2)cc1. The summed E-state index contributed by atoms with van der Waals surface area (Å²) >= 11 is 0. The quantitative estimate of drug-likeness (QED) is 0.885. The van der Waals surface area contributed by atoms with Crippen molar-refractivity contribution in [1.29, 1.82) is 0 Å². The Labute approximate surface area is 110 Å². The average molecular weight is 245 g/mol. The zero-order chi connectivity index (χ0) is 12.8. The van der Waals surface area contributed by atoms with E-state index in [0.717, 1.165) is 32.5 Å². The number of nitrogens with two attached hydrogens (primary N) is 1. The van der Waals surface area contributed by atoms with E-state index in [1.165, 1.54) is 11.1 Å². The molecule has 3 rings (SSSR count). The molecule has 2 aliphatic rings. The van der Waals surface area contributed by atoms with Crippen molar-refractivity contribution in [2.45, 2.75) is 44.1 Å². The average Bonchev–Trinajstić information content (AvgIpc) is 2.97. The van der Waals surface area contributed by atoms with E-state index in [-0.39, 0.29) is 11.0 Å². The fourth-order valence-corrected chi connectivity index (χ4v) is 3.09. The molecule has 1 heterocycles. The highest BCUT2D eigenvalue weighted by atomic mass is 16.5. The Hall–Kier alpha value is -0.860. The first-order chi connectivity index (χ1) is 8.56. The molecule has 1 aromatic carbocycles. The van der Waals surface area contributed by atoms with Crippen LogP contribution in [-0.4, -0.2) is 18.8 Å². The maximum Gasteiger partial charge on any atom is 0.0603 e. The summed E-state index contributed by atoms with van der Waals surface area (Å²) in [6.07, 6.45) is 3.44. The van der Waals surface area contributed by atoms with Crippen LogP contribution in [0.15, 0.2) is 24.3 Å². The molecule has 0 bridgehead atoms. The van der Waals surface area contributed by atoms with Crippen molar-refractivity contribution >= 4 is 0 Å². The highest BCUT2D eigenvalue weighted by Gasteiger charge is 2.61. The van der Waals surface area contributed by atoms with Crippen molar-refractivity contribution in [3.63, 3.8) is 0 Å². The van der Waals surface area contributed by atoms with Crippen LogP contribution >= 0.6 is 0 Å². The van der Waals surface area contributed by atoms with Gasteiger partial charge in [0.2, 0.25) is 0 Å². The maximum absolute atomic E-state index is 6.46. The number of hydrogen-bond donors (Lipinski definition) is 1. The first kappa shape index (κ1) is 12.2. The summed E-state index contributed by atoms with van der Waals surface area (Å²) in [5, 5.41) is 0. The first-order valence-corrected chi connectivity index (χ1v) is 7.02. The Kier molecular flexibility index (Phi) is 2.76. The summed E-state index contributed by atoms with van der Waals surface area (Å²) in [4.78, 5) is 0. The monoisotopic (exact) mass is 245 g/mol. The molecule has 0 spiro atoms. The van der Waals surface area contributed by atoms with Crippen LogP contribution in [0, 0.1) is 5.92 Å². The number of rotatable bonds is 4. The standard InChI is InChI=1S/C16H23NO/c1-12(2)9-13-3-5-14(6-4-13)15(10-18-11-15)16(17)7-8-16/h3-6,12H,7-11,17H2,1-2H3. The summed E-state index contributed by atoms with van der Waals surface area (Å²) in [7, 11) is 0. The fourth-order valence-electron chi connectivity index (χ4n) is 3.09. The van der Waals surface area contributed by atoms with Gasteiger partial charge in [0.1, 0.15) is 0 Å². The largest absolute Gasteiger partial charge is 0.379 e. The molecule has 2 fully saturated rings. The maximum atomic E-state index is 6.46. The molecule has 2 nitrogen and oxygen atoms in total. The summed E-state index contributed by atoms with van der Waals surface area (Å²) in [6, 6.07) is 9.07. The molecule has 1 saturated carbocycles. The highest BCUT2D eigenvalue weighted by molar-refractivity contribution is 5.38. The molecule has 0 aromatic heterocycles. The second kappa shape index (κ2) is 4.07. The van der Waals surface area contributed by atoms with Gasteiger partial charge in [-0.3, -0.25) is 0 Å². The lowest BCUT2D eigenvalue weighted by atomic mass is 9.70. The Morgan fingerprint density at radius 2 is 1.78 bits per heavy atom. The van der Waals surface area contributed by atoms with Crippen LogP contribution < -0.4 is 5.73 Å². The van der Waals surface area contributed by atoms with Gasteiger partial charge in [-0.15, -0.1) is 0 Å². The Bertz CT molecular complexity index is 427. The molecule has 1 saturated heterocycles. The Balaban J connectivity index is 1.84. The number of hydrogen-bond acceptors (Lipinski definition) is 2. The van der Waals surface area contributed by atoms with E-state index in [0.29, 0.717) is 5.92 Å². The van der Waals surface area contributed by atoms with Gasteiger partial charge in [0.15, 0.2) is 0 Å². The zero-order valence-corrected chi connectivity index (χ0v) is 11.4. The van der Waals surface area contributed by atoms with Crippen LogP contribution in [0.25, 0.3) is 0 Å². The van der Waals surface area contributed by atoms with E-state index >= 15 is 0 Å². The van der Waals surface area contributed by atoms with E-state index in [2.05, 4.69) is 38.1 Å². The molecule has 18 heavy (non-hydrogen) atoms. The molecule has 1 aliphatic heterocycles. The van der Waals surface area contributed by atoms with Gasteiger partial charge in [-0.25, -0.2) is 0 Å². The molecule has 0 unspecified atom stereocenters. The summed E-state index contributed by atoms with van der Waals surface area (Å²) in [5.74, 6) is 0.709. The van der Waals surface area contributed by atoms with Crippen LogP contribution in [-0.2, 0) is 16.6 Å². The summed E-state index contributed by atoms with van der Waals surface area (Å²) in [6.45, 7) is 6.11. The van der Waals surface area contributed by atoms with Crippen molar-refractivity contribution < 1.29 is 4.74 Å². The van der Waals surface area contributed by atoms with E-state index in [1.54, 1.807) is 0 Å². The van der Waals surface area contributed by atoms with Crippen molar-refractivity contribution in [1.82, 2.24) is 0 Å². The number of ether oxygens (including phenoxy) is 1. The van der Waals surface area contributed by atoms with Gasteiger partial charge in [0.25, 0.3) is 0 Å². The van der Waals surface area contributed by atoms with Gasteiger partial charge in [0.05, 0.1) is 18.6 Å². The van der Waals surface area contributed by atoms with E-state index in [1.807, 2.05) is 0 Å². The Morgan fingerprint density at radius 3 is 2.17 bits per heavy atom. The smallest absolute Gasteiger partial charge is 0.0603 e. The van der Waals surface area contributed by atoms with Crippen molar-refractivity contribution in [3.05, 3.63) is 35.4 Å². The van der Waals surface area contributed by atoms with E-state index < -0.39 is 0 Å². The predicted octanol–water partition coefficient (Wildman–Crippen LogP) is 2.64. The molecule has 98 valence electrons. The second-order valence-electron chi connectivity index (χ2n) is 6.53. The van der Waals surface area contributed by atoms with Crippen LogP contribution in [0.4, 0.5) is 0 Å². The Morgan fingerprint density at radius 1 is 1.17 bits per heavy atom.